The second-order valence-electron chi connectivity index (χ2n) is 5.23. The lowest BCUT2D eigenvalue weighted by Crippen LogP contribution is -2.35. The van der Waals surface area contributed by atoms with E-state index in [1.165, 1.54) is 6.07 Å². The molecule has 1 aromatic rings. The third-order valence-electron chi connectivity index (χ3n) is 3.05. The maximum atomic E-state index is 13.4. The monoisotopic (exact) mass is 268 g/mol. The molecule has 0 aromatic heterocycles. The number of ether oxygens (including phenoxy) is 1. The van der Waals surface area contributed by atoms with Crippen molar-refractivity contribution in [2.75, 3.05) is 25.2 Å². The molecule has 0 saturated carbocycles. The van der Waals surface area contributed by atoms with E-state index < -0.39 is 0 Å². The summed E-state index contributed by atoms with van der Waals surface area (Å²) in [6.45, 7) is 7.60. The summed E-state index contributed by atoms with van der Waals surface area (Å²) in [6, 6.07) is 5.26. The van der Waals surface area contributed by atoms with Gasteiger partial charge in [-0.3, -0.25) is 0 Å². The zero-order chi connectivity index (χ0) is 14.4. The van der Waals surface area contributed by atoms with Gasteiger partial charge in [0.15, 0.2) is 0 Å². The first-order chi connectivity index (χ1) is 8.95. The van der Waals surface area contributed by atoms with Crippen LogP contribution in [-0.4, -0.2) is 32.3 Å². The fourth-order valence-corrected chi connectivity index (χ4v) is 2.19. The van der Waals surface area contributed by atoms with Crippen LogP contribution in [0.3, 0.4) is 0 Å². The summed E-state index contributed by atoms with van der Waals surface area (Å²) < 4.78 is 18.6. The van der Waals surface area contributed by atoms with Gasteiger partial charge in [0.2, 0.25) is 0 Å². The lowest BCUT2D eigenvalue weighted by molar-refractivity contribution is 0.204. The summed E-state index contributed by atoms with van der Waals surface area (Å²) in [5, 5.41) is 0. The Balaban J connectivity index is 3.06. The Morgan fingerprint density at radius 1 is 1.32 bits per heavy atom. The maximum absolute atomic E-state index is 13.4. The van der Waals surface area contributed by atoms with Crippen LogP contribution in [0.2, 0.25) is 0 Å². The minimum absolute atomic E-state index is 0.0111. The topological polar surface area (TPSA) is 38.5 Å². The molecule has 0 amide bonds. The van der Waals surface area contributed by atoms with Gasteiger partial charge in [-0.25, -0.2) is 4.39 Å². The molecule has 1 aromatic carbocycles. The van der Waals surface area contributed by atoms with Gasteiger partial charge in [0.05, 0.1) is 6.61 Å². The Hall–Kier alpha value is -1.13. The lowest BCUT2D eigenvalue weighted by atomic mass is 10.0. The summed E-state index contributed by atoms with van der Waals surface area (Å²) in [4.78, 5) is 2.22. The number of hydrogen-bond donors (Lipinski definition) is 1. The van der Waals surface area contributed by atoms with Crippen molar-refractivity contribution in [1.82, 2.24) is 0 Å². The highest BCUT2D eigenvalue weighted by molar-refractivity contribution is 5.55. The molecule has 0 bridgehead atoms. The molecule has 1 atom stereocenters. The van der Waals surface area contributed by atoms with Crippen LogP contribution in [-0.2, 0) is 11.2 Å². The van der Waals surface area contributed by atoms with Crippen molar-refractivity contribution >= 4 is 5.69 Å². The highest BCUT2D eigenvalue weighted by Crippen LogP contribution is 2.24. The van der Waals surface area contributed by atoms with Crippen LogP contribution in [0.4, 0.5) is 10.1 Å². The van der Waals surface area contributed by atoms with Crippen LogP contribution in [0.1, 0.15) is 26.3 Å². The van der Waals surface area contributed by atoms with E-state index in [9.17, 15) is 4.39 Å². The van der Waals surface area contributed by atoms with Crippen molar-refractivity contribution in [3.05, 3.63) is 29.6 Å². The molecule has 4 heteroatoms. The van der Waals surface area contributed by atoms with Gasteiger partial charge in [-0.05, 0) is 51.0 Å². The van der Waals surface area contributed by atoms with Crippen molar-refractivity contribution in [2.24, 2.45) is 5.73 Å². The third-order valence-corrected chi connectivity index (χ3v) is 3.05. The first-order valence-corrected chi connectivity index (χ1v) is 6.75. The molecular weight excluding hydrogens is 243 g/mol. The summed E-state index contributed by atoms with van der Waals surface area (Å²) in [5.41, 5.74) is 7.86. The highest BCUT2D eigenvalue weighted by Gasteiger charge is 2.15. The van der Waals surface area contributed by atoms with Crippen molar-refractivity contribution in [3.8, 4) is 0 Å². The largest absolute Gasteiger partial charge is 0.383 e. The van der Waals surface area contributed by atoms with Crippen molar-refractivity contribution < 1.29 is 9.13 Å². The number of anilines is 1. The maximum Gasteiger partial charge on any atom is 0.123 e. The van der Waals surface area contributed by atoms with Gasteiger partial charge in [0.25, 0.3) is 0 Å². The second-order valence-corrected chi connectivity index (χ2v) is 5.23. The predicted octanol–water partition coefficient (Wildman–Crippen LogP) is 2.58. The quantitative estimate of drug-likeness (QED) is 0.826. The van der Waals surface area contributed by atoms with Crippen LogP contribution < -0.4 is 10.6 Å². The number of methoxy groups -OCH3 is 1. The molecule has 0 saturated heterocycles. The van der Waals surface area contributed by atoms with E-state index >= 15 is 0 Å². The molecule has 0 heterocycles. The molecule has 1 rings (SSSR count). The Bertz CT molecular complexity index is 394. The van der Waals surface area contributed by atoms with E-state index in [-0.39, 0.29) is 11.9 Å². The zero-order valence-corrected chi connectivity index (χ0v) is 12.3. The molecule has 0 fully saturated rings. The SMILES string of the molecule is COCCN(c1ccc(F)cc1CC(C)N)C(C)C. The van der Waals surface area contributed by atoms with Gasteiger partial charge >= 0.3 is 0 Å². The number of nitrogens with zero attached hydrogens (tertiary/aromatic N) is 1. The molecule has 3 nitrogen and oxygen atoms in total. The van der Waals surface area contributed by atoms with Crippen LogP contribution in [0.5, 0.6) is 0 Å². The van der Waals surface area contributed by atoms with Gasteiger partial charge < -0.3 is 15.4 Å². The normalized spacial score (nSPS) is 12.8. The van der Waals surface area contributed by atoms with Crippen molar-refractivity contribution in [3.63, 3.8) is 0 Å². The van der Waals surface area contributed by atoms with Gasteiger partial charge in [-0.2, -0.15) is 0 Å². The van der Waals surface area contributed by atoms with Crippen molar-refractivity contribution in [2.45, 2.75) is 39.3 Å². The minimum Gasteiger partial charge on any atom is -0.383 e. The van der Waals surface area contributed by atoms with E-state index in [1.807, 2.05) is 13.0 Å². The number of nitrogens with two attached hydrogens (primary N) is 1. The molecule has 19 heavy (non-hydrogen) atoms. The summed E-state index contributed by atoms with van der Waals surface area (Å²) in [7, 11) is 1.69. The smallest absolute Gasteiger partial charge is 0.123 e. The number of halogens is 1. The van der Waals surface area contributed by atoms with E-state index in [0.717, 1.165) is 17.8 Å². The van der Waals surface area contributed by atoms with Gasteiger partial charge in [-0.1, -0.05) is 0 Å². The highest BCUT2D eigenvalue weighted by atomic mass is 19.1. The molecule has 0 aliphatic rings. The van der Waals surface area contributed by atoms with Gasteiger partial charge in [0.1, 0.15) is 5.82 Å². The van der Waals surface area contributed by atoms with E-state index in [0.29, 0.717) is 19.1 Å². The lowest BCUT2D eigenvalue weighted by Gasteiger charge is -2.31. The van der Waals surface area contributed by atoms with Crippen LogP contribution in [0.25, 0.3) is 0 Å². The zero-order valence-electron chi connectivity index (χ0n) is 12.3. The van der Waals surface area contributed by atoms with Crippen LogP contribution in [0.15, 0.2) is 18.2 Å². The molecule has 1 unspecified atom stereocenters. The van der Waals surface area contributed by atoms with E-state index in [1.54, 1.807) is 13.2 Å². The Labute approximate surface area is 115 Å². The molecule has 108 valence electrons. The summed E-state index contributed by atoms with van der Waals surface area (Å²) >= 11 is 0. The van der Waals surface area contributed by atoms with Gasteiger partial charge in [-0.15, -0.1) is 0 Å². The molecule has 0 radical (unpaired) electrons. The first kappa shape index (κ1) is 15.9. The number of rotatable bonds is 7. The minimum atomic E-state index is -0.213. The van der Waals surface area contributed by atoms with Gasteiger partial charge in [0, 0.05) is 31.4 Å². The Kier molecular flexibility index (Phi) is 6.25. The standard InChI is InChI=1S/C15H25FN2O/c1-11(2)18(7-8-19-4)15-6-5-14(16)10-13(15)9-12(3)17/h5-6,10-12H,7-9,17H2,1-4H3. The molecule has 0 aliphatic carbocycles. The number of hydrogen-bond acceptors (Lipinski definition) is 3. The Morgan fingerprint density at radius 2 is 2.00 bits per heavy atom. The Morgan fingerprint density at radius 3 is 2.53 bits per heavy atom. The average molecular weight is 268 g/mol. The second kappa shape index (κ2) is 7.46. The fraction of sp³-hybridized carbons (Fsp3) is 0.600. The molecule has 0 spiro atoms. The van der Waals surface area contributed by atoms with Crippen molar-refractivity contribution in [1.29, 1.82) is 0 Å². The predicted molar refractivity (Wildman–Crippen MR) is 78.1 cm³/mol. The fourth-order valence-electron chi connectivity index (χ4n) is 2.19. The van der Waals surface area contributed by atoms with E-state index in [2.05, 4.69) is 18.7 Å². The van der Waals surface area contributed by atoms with E-state index in [4.69, 9.17) is 10.5 Å². The first-order valence-electron chi connectivity index (χ1n) is 6.75. The number of benzene rings is 1. The third kappa shape index (κ3) is 4.80. The molecule has 0 aliphatic heterocycles. The van der Waals surface area contributed by atoms with Crippen LogP contribution in [0, 0.1) is 5.82 Å². The molecular formula is C15H25FN2O. The van der Waals surface area contributed by atoms with Crippen LogP contribution >= 0.6 is 0 Å². The average Bonchev–Trinajstić information content (AvgIpc) is 2.30. The summed E-state index contributed by atoms with van der Waals surface area (Å²) in [6.07, 6.45) is 0.670. The molecule has 2 N–H and O–H groups in total. The summed E-state index contributed by atoms with van der Waals surface area (Å²) in [5.74, 6) is -0.213.